The summed E-state index contributed by atoms with van der Waals surface area (Å²) in [5.74, 6) is 0. The Morgan fingerprint density at radius 2 is 1.43 bits per heavy atom. The van der Waals surface area contributed by atoms with Gasteiger partial charge in [-0.2, -0.15) is 0 Å². The molecule has 1 aromatic rings. The van der Waals surface area contributed by atoms with E-state index in [0.717, 1.165) is 0 Å². The fraction of sp³-hybridized carbons (Fsp3) is 0.455. The van der Waals surface area contributed by atoms with Crippen molar-refractivity contribution in [2.75, 3.05) is 18.0 Å². The van der Waals surface area contributed by atoms with Crippen LogP contribution in [0.25, 0.3) is 0 Å². The standard InChI is InChI=1S/C11H15N.FH.H3N/c1-3-7-11(8-4-1)12-9-5-2-6-10-12;;/h1,3-4,7-8H,2,5-6,9-10H2;1H;1H3. The number of hydrogen-bond acceptors (Lipinski definition) is 2. The molecule has 0 bridgehead atoms. The van der Waals surface area contributed by atoms with E-state index in [-0.39, 0.29) is 10.9 Å². The molecule has 0 saturated carbocycles. The highest BCUT2D eigenvalue weighted by molar-refractivity contribution is 5.46. The second-order valence-corrected chi connectivity index (χ2v) is 3.38. The first-order valence-corrected chi connectivity index (χ1v) is 4.77. The summed E-state index contributed by atoms with van der Waals surface area (Å²) >= 11 is 0. The van der Waals surface area contributed by atoms with Crippen molar-refractivity contribution in [3.63, 3.8) is 0 Å². The molecule has 0 atom stereocenters. The second-order valence-electron chi connectivity index (χ2n) is 3.38. The number of anilines is 1. The van der Waals surface area contributed by atoms with Crippen molar-refractivity contribution in [1.29, 1.82) is 0 Å². The fourth-order valence-electron chi connectivity index (χ4n) is 1.79. The average molecular weight is 198 g/mol. The van der Waals surface area contributed by atoms with E-state index in [4.69, 9.17) is 0 Å². The van der Waals surface area contributed by atoms with Gasteiger partial charge in [-0.05, 0) is 31.4 Å². The highest BCUT2D eigenvalue weighted by Gasteiger charge is 2.09. The predicted molar refractivity (Wildman–Crippen MR) is 60.0 cm³/mol. The average Bonchev–Trinajstić information content (AvgIpc) is 2.21. The number of rotatable bonds is 1. The van der Waals surface area contributed by atoms with Crippen LogP contribution < -0.4 is 11.1 Å². The van der Waals surface area contributed by atoms with Crippen molar-refractivity contribution in [3.8, 4) is 0 Å². The molecule has 2 rings (SSSR count). The molecule has 1 aliphatic rings. The number of benzene rings is 1. The minimum atomic E-state index is 0. The molecule has 0 spiro atoms. The first-order valence-electron chi connectivity index (χ1n) is 4.77. The van der Waals surface area contributed by atoms with Crippen molar-refractivity contribution in [2.45, 2.75) is 19.3 Å². The largest absolute Gasteiger partial charge is 0.372 e. The molecule has 1 fully saturated rings. The normalized spacial score (nSPS) is 15.3. The maximum atomic E-state index is 2.48. The lowest BCUT2D eigenvalue weighted by Crippen LogP contribution is -2.29. The third kappa shape index (κ3) is 3.00. The highest BCUT2D eigenvalue weighted by Crippen LogP contribution is 2.18. The van der Waals surface area contributed by atoms with E-state index in [1.807, 2.05) is 0 Å². The van der Waals surface area contributed by atoms with Crippen LogP contribution in [0.5, 0.6) is 0 Å². The van der Waals surface area contributed by atoms with Crippen LogP contribution in [-0.4, -0.2) is 13.1 Å². The lowest BCUT2D eigenvalue weighted by molar-refractivity contribution is 0.578. The maximum Gasteiger partial charge on any atom is 0.0366 e. The number of piperidine rings is 1. The van der Waals surface area contributed by atoms with Crippen LogP contribution in [0, 0.1) is 0 Å². The first-order chi connectivity index (χ1) is 5.97. The number of para-hydroxylation sites is 1. The molecule has 0 unspecified atom stereocenters. The number of nitrogens with zero attached hydrogens (tertiary/aromatic N) is 1. The third-order valence-corrected chi connectivity index (χ3v) is 2.48. The molecule has 1 aliphatic heterocycles. The Bertz CT molecular complexity index is 232. The van der Waals surface area contributed by atoms with Crippen LogP contribution in [-0.2, 0) is 0 Å². The topological polar surface area (TPSA) is 38.2 Å². The van der Waals surface area contributed by atoms with Crippen LogP contribution in [0.15, 0.2) is 30.3 Å². The molecule has 0 aromatic heterocycles. The van der Waals surface area contributed by atoms with E-state index in [0.29, 0.717) is 0 Å². The maximum absolute atomic E-state index is 2.48. The van der Waals surface area contributed by atoms with Crippen LogP contribution in [0.2, 0.25) is 0 Å². The van der Waals surface area contributed by atoms with Gasteiger partial charge in [0, 0.05) is 18.8 Å². The quantitative estimate of drug-likeness (QED) is 0.753. The summed E-state index contributed by atoms with van der Waals surface area (Å²) in [6.07, 6.45) is 4.12. The highest BCUT2D eigenvalue weighted by atomic mass is 19.0. The van der Waals surface area contributed by atoms with Crippen molar-refractivity contribution < 1.29 is 4.70 Å². The Hall–Kier alpha value is -1.09. The molecule has 1 saturated heterocycles. The minimum Gasteiger partial charge on any atom is -0.372 e. The zero-order valence-electron chi connectivity index (χ0n) is 8.48. The SMILES string of the molecule is F.N.c1ccc(N2CCCCC2)cc1. The van der Waals surface area contributed by atoms with Gasteiger partial charge in [-0.3, -0.25) is 4.70 Å². The van der Waals surface area contributed by atoms with Gasteiger partial charge in [-0.1, -0.05) is 18.2 Å². The zero-order valence-corrected chi connectivity index (χ0v) is 8.48. The van der Waals surface area contributed by atoms with Crippen molar-refractivity contribution >= 4 is 5.69 Å². The van der Waals surface area contributed by atoms with Gasteiger partial charge in [0.25, 0.3) is 0 Å². The van der Waals surface area contributed by atoms with E-state index >= 15 is 0 Å². The summed E-state index contributed by atoms with van der Waals surface area (Å²) in [6, 6.07) is 10.7. The summed E-state index contributed by atoms with van der Waals surface area (Å²) in [5.41, 5.74) is 1.39. The Labute approximate surface area is 84.9 Å². The molecule has 0 radical (unpaired) electrons. The predicted octanol–water partition coefficient (Wildman–Crippen LogP) is 2.99. The second kappa shape index (κ2) is 6.38. The van der Waals surface area contributed by atoms with Gasteiger partial charge in [-0.15, -0.1) is 0 Å². The zero-order chi connectivity index (χ0) is 8.23. The van der Waals surface area contributed by atoms with E-state index in [1.54, 1.807) is 0 Å². The Morgan fingerprint density at radius 1 is 0.857 bits per heavy atom. The number of halogens is 1. The lowest BCUT2D eigenvalue weighted by atomic mass is 10.1. The molecule has 0 amide bonds. The summed E-state index contributed by atoms with van der Waals surface area (Å²) in [6.45, 7) is 2.48. The monoisotopic (exact) mass is 198 g/mol. The van der Waals surface area contributed by atoms with Gasteiger partial charge in [0.2, 0.25) is 0 Å². The van der Waals surface area contributed by atoms with Gasteiger partial charge in [0.05, 0.1) is 0 Å². The molecule has 14 heavy (non-hydrogen) atoms. The number of hydrogen-bond donors (Lipinski definition) is 1. The lowest BCUT2D eigenvalue weighted by Gasteiger charge is -2.28. The Morgan fingerprint density at radius 3 is 2.00 bits per heavy atom. The van der Waals surface area contributed by atoms with Crippen LogP contribution in [0.1, 0.15) is 19.3 Å². The van der Waals surface area contributed by atoms with Crippen molar-refractivity contribution in [3.05, 3.63) is 30.3 Å². The van der Waals surface area contributed by atoms with Crippen molar-refractivity contribution in [1.82, 2.24) is 6.15 Å². The molecular formula is C11H19FN2. The van der Waals surface area contributed by atoms with E-state index in [2.05, 4.69) is 35.2 Å². The molecule has 0 aliphatic carbocycles. The fourth-order valence-corrected chi connectivity index (χ4v) is 1.79. The molecule has 1 heterocycles. The molecule has 1 aromatic carbocycles. The van der Waals surface area contributed by atoms with Gasteiger partial charge >= 0.3 is 0 Å². The van der Waals surface area contributed by atoms with Crippen molar-refractivity contribution in [2.24, 2.45) is 0 Å². The Kier molecular flexibility index (Phi) is 5.88. The summed E-state index contributed by atoms with van der Waals surface area (Å²) < 4.78 is 0. The van der Waals surface area contributed by atoms with Gasteiger partial charge in [0.1, 0.15) is 0 Å². The summed E-state index contributed by atoms with van der Waals surface area (Å²) in [5, 5.41) is 0. The van der Waals surface area contributed by atoms with E-state index < -0.39 is 0 Å². The van der Waals surface area contributed by atoms with Crippen LogP contribution >= 0.6 is 0 Å². The van der Waals surface area contributed by atoms with Gasteiger partial charge < -0.3 is 11.1 Å². The Balaban J connectivity index is 0.000000845. The summed E-state index contributed by atoms with van der Waals surface area (Å²) in [7, 11) is 0. The van der Waals surface area contributed by atoms with Crippen LogP contribution in [0.4, 0.5) is 10.4 Å². The smallest absolute Gasteiger partial charge is 0.0366 e. The van der Waals surface area contributed by atoms with Gasteiger partial charge in [0.15, 0.2) is 0 Å². The van der Waals surface area contributed by atoms with E-state index in [9.17, 15) is 0 Å². The van der Waals surface area contributed by atoms with Gasteiger partial charge in [-0.25, -0.2) is 0 Å². The third-order valence-electron chi connectivity index (χ3n) is 2.48. The first kappa shape index (κ1) is 12.9. The minimum absolute atomic E-state index is 0. The molecule has 2 nitrogen and oxygen atoms in total. The molecular weight excluding hydrogens is 179 g/mol. The van der Waals surface area contributed by atoms with Crippen LogP contribution in [0.3, 0.4) is 0 Å². The molecule has 3 N–H and O–H groups in total. The summed E-state index contributed by atoms with van der Waals surface area (Å²) in [4.78, 5) is 2.48. The van der Waals surface area contributed by atoms with E-state index in [1.165, 1.54) is 38.0 Å². The molecule has 3 heteroatoms. The molecule has 80 valence electrons.